The molecule has 2 aliphatic rings. The molecule has 176 valence electrons. The molecule has 0 aromatic heterocycles. The molecule has 2 fully saturated rings. The van der Waals surface area contributed by atoms with Crippen molar-refractivity contribution in [2.24, 2.45) is 0 Å². The van der Waals surface area contributed by atoms with Gasteiger partial charge in [0.15, 0.2) is 0 Å². The van der Waals surface area contributed by atoms with Gasteiger partial charge in [-0.3, -0.25) is 9.80 Å². The van der Waals surface area contributed by atoms with E-state index in [1.165, 1.54) is 54.6 Å². The monoisotopic (exact) mass is 458 g/mol. The molecular weight excluding hydrogens is 424 g/mol. The van der Waals surface area contributed by atoms with Gasteiger partial charge in [0.1, 0.15) is 0 Å². The third-order valence-electron chi connectivity index (χ3n) is 7.74. The largest absolute Gasteiger partial charge is 0.285 e. The molecule has 2 aliphatic heterocycles. The van der Waals surface area contributed by atoms with E-state index in [1.54, 1.807) is 0 Å². The fourth-order valence-electron chi connectivity index (χ4n) is 5.97. The molecule has 35 heavy (non-hydrogen) atoms. The van der Waals surface area contributed by atoms with Gasteiger partial charge in [-0.05, 0) is 48.2 Å². The fraction of sp³-hybridized carbons (Fsp3) is 0.273. The molecule has 2 saturated heterocycles. The van der Waals surface area contributed by atoms with Gasteiger partial charge in [0.05, 0.1) is 24.2 Å². The highest BCUT2D eigenvalue weighted by molar-refractivity contribution is 5.36. The molecule has 6 rings (SSSR count). The van der Waals surface area contributed by atoms with E-state index in [1.807, 2.05) is 0 Å². The second-order valence-electron chi connectivity index (χ2n) is 9.96. The minimum absolute atomic E-state index is 0.524. The molecule has 2 heterocycles. The Morgan fingerprint density at radius 1 is 0.343 bits per heavy atom. The summed E-state index contributed by atoms with van der Waals surface area (Å²) in [5, 5.41) is 0. The van der Waals surface area contributed by atoms with Crippen molar-refractivity contribution in [1.29, 1.82) is 0 Å². The second kappa shape index (κ2) is 10.2. The van der Waals surface area contributed by atoms with Gasteiger partial charge in [-0.1, -0.05) is 128 Å². The Morgan fingerprint density at radius 3 is 0.857 bits per heavy atom. The van der Waals surface area contributed by atoms with Gasteiger partial charge in [-0.2, -0.15) is 0 Å². The van der Waals surface area contributed by atoms with E-state index in [-0.39, 0.29) is 0 Å². The van der Waals surface area contributed by atoms with Crippen LogP contribution in [0.1, 0.15) is 65.7 Å². The zero-order valence-electron chi connectivity index (χ0n) is 20.3. The summed E-state index contributed by atoms with van der Waals surface area (Å²) in [5.74, 6) is 0. The van der Waals surface area contributed by atoms with E-state index in [4.69, 9.17) is 0 Å². The average Bonchev–Trinajstić information content (AvgIpc) is 3.84. The second-order valence-corrected chi connectivity index (χ2v) is 9.96. The summed E-state index contributed by atoms with van der Waals surface area (Å²) in [4.78, 5) is 5.36. The zero-order valence-corrected chi connectivity index (χ0v) is 20.3. The molecule has 0 N–H and O–H groups in total. The summed E-state index contributed by atoms with van der Waals surface area (Å²) >= 11 is 0. The number of hydrogen-bond acceptors (Lipinski definition) is 2. The first-order chi connectivity index (χ1) is 17.4. The molecule has 2 nitrogen and oxygen atoms in total. The molecule has 0 aliphatic carbocycles. The Labute approximate surface area is 209 Å². The lowest BCUT2D eigenvalue weighted by Gasteiger charge is -2.07. The van der Waals surface area contributed by atoms with Gasteiger partial charge in [-0.15, -0.1) is 0 Å². The summed E-state index contributed by atoms with van der Waals surface area (Å²) in [6, 6.07) is 46.2. The fourth-order valence-corrected chi connectivity index (χ4v) is 5.97. The topological polar surface area (TPSA) is 6.02 Å². The van der Waals surface area contributed by atoms with Crippen LogP contribution in [0.5, 0.6) is 0 Å². The van der Waals surface area contributed by atoms with Crippen molar-refractivity contribution in [1.82, 2.24) is 9.80 Å². The molecule has 0 radical (unpaired) electrons. The van der Waals surface area contributed by atoms with Gasteiger partial charge in [-0.25, -0.2) is 0 Å². The first kappa shape index (κ1) is 22.3. The van der Waals surface area contributed by atoms with Gasteiger partial charge < -0.3 is 0 Å². The maximum atomic E-state index is 2.68. The first-order valence-corrected chi connectivity index (χ1v) is 13.1. The van der Waals surface area contributed by atoms with Crippen LogP contribution in [0.2, 0.25) is 0 Å². The Balaban J connectivity index is 1.04. The predicted octanol–water partition coefficient (Wildman–Crippen LogP) is 7.75. The number of benzene rings is 4. The van der Waals surface area contributed by atoms with Crippen LogP contribution in [0, 0.1) is 0 Å². The van der Waals surface area contributed by atoms with Crippen molar-refractivity contribution in [3.63, 3.8) is 0 Å². The molecule has 4 aromatic rings. The molecule has 4 aromatic carbocycles. The van der Waals surface area contributed by atoms with Crippen molar-refractivity contribution >= 4 is 0 Å². The zero-order chi connectivity index (χ0) is 23.5. The molecule has 0 unspecified atom stereocenters. The minimum atomic E-state index is 0.524. The van der Waals surface area contributed by atoms with Crippen LogP contribution in [0.4, 0.5) is 0 Å². The number of hydrogen-bond donors (Lipinski definition) is 0. The lowest BCUT2D eigenvalue weighted by atomic mass is 10.0. The highest BCUT2D eigenvalue weighted by Gasteiger charge is 2.49. The first-order valence-electron chi connectivity index (χ1n) is 13.1. The van der Waals surface area contributed by atoms with E-state index in [0.717, 1.165) is 0 Å². The van der Waals surface area contributed by atoms with E-state index < -0.39 is 0 Å². The lowest BCUT2D eigenvalue weighted by molar-refractivity contribution is 0.423. The Kier molecular flexibility index (Phi) is 6.49. The van der Waals surface area contributed by atoms with Crippen LogP contribution in [0.15, 0.2) is 121 Å². The Bertz CT molecular complexity index is 1010. The normalized spacial score (nSPS) is 26.9. The third kappa shape index (κ3) is 4.82. The average molecular weight is 459 g/mol. The molecule has 0 saturated carbocycles. The van der Waals surface area contributed by atoms with E-state index in [9.17, 15) is 0 Å². The summed E-state index contributed by atoms with van der Waals surface area (Å²) in [6.07, 6.45) is 3.79. The minimum Gasteiger partial charge on any atom is -0.285 e. The van der Waals surface area contributed by atoms with Gasteiger partial charge in [0, 0.05) is 0 Å². The number of nitrogens with zero attached hydrogens (tertiary/aromatic N) is 2. The summed E-state index contributed by atoms with van der Waals surface area (Å²) < 4.78 is 0. The van der Waals surface area contributed by atoms with Crippen LogP contribution in [-0.4, -0.2) is 22.9 Å². The highest BCUT2D eigenvalue weighted by Crippen LogP contribution is 2.55. The third-order valence-corrected chi connectivity index (χ3v) is 7.74. The van der Waals surface area contributed by atoms with E-state index in [2.05, 4.69) is 131 Å². The van der Waals surface area contributed by atoms with E-state index in [0.29, 0.717) is 24.2 Å². The molecule has 0 spiro atoms. The van der Waals surface area contributed by atoms with Crippen LogP contribution >= 0.6 is 0 Å². The van der Waals surface area contributed by atoms with Crippen LogP contribution < -0.4 is 0 Å². The highest BCUT2D eigenvalue weighted by atomic mass is 15.4. The smallest absolute Gasteiger partial charge is 0.0552 e. The Hall–Kier alpha value is -3.20. The molecule has 0 bridgehead atoms. The molecular formula is C33H34N2. The van der Waals surface area contributed by atoms with Crippen LogP contribution in [0.25, 0.3) is 0 Å². The Morgan fingerprint density at radius 2 is 0.600 bits per heavy atom. The van der Waals surface area contributed by atoms with Gasteiger partial charge in [0.2, 0.25) is 0 Å². The maximum absolute atomic E-state index is 2.68. The van der Waals surface area contributed by atoms with Crippen molar-refractivity contribution < 1.29 is 0 Å². The van der Waals surface area contributed by atoms with Gasteiger partial charge in [0.25, 0.3) is 0 Å². The lowest BCUT2D eigenvalue weighted by Crippen LogP contribution is -2.05. The van der Waals surface area contributed by atoms with Crippen LogP contribution in [0.3, 0.4) is 0 Å². The number of unbranched alkanes of at least 4 members (excludes halogenated alkanes) is 2. The van der Waals surface area contributed by atoms with Crippen molar-refractivity contribution in [3.8, 4) is 0 Å². The van der Waals surface area contributed by atoms with Crippen LogP contribution in [-0.2, 0) is 0 Å². The summed E-state index contributed by atoms with van der Waals surface area (Å²) in [6.45, 7) is 2.34. The predicted molar refractivity (Wildman–Crippen MR) is 144 cm³/mol. The van der Waals surface area contributed by atoms with Crippen molar-refractivity contribution in [2.75, 3.05) is 13.1 Å². The summed E-state index contributed by atoms with van der Waals surface area (Å²) in [7, 11) is 0. The van der Waals surface area contributed by atoms with Crippen molar-refractivity contribution in [2.45, 2.75) is 43.4 Å². The van der Waals surface area contributed by atoms with Crippen molar-refractivity contribution in [3.05, 3.63) is 144 Å². The molecule has 2 heteroatoms. The summed E-state index contributed by atoms with van der Waals surface area (Å²) in [5.41, 5.74) is 5.78. The quantitative estimate of drug-likeness (QED) is 0.177. The SMILES string of the molecule is c1ccc([C@H]2[C@H](c3ccccc3)N2CCCCCN2[C@@H](c3ccccc3)[C@@H]2c2ccccc2)cc1. The molecule has 0 amide bonds. The number of rotatable bonds is 10. The maximum Gasteiger partial charge on any atom is 0.0552 e. The van der Waals surface area contributed by atoms with Gasteiger partial charge >= 0.3 is 0 Å². The molecule has 4 atom stereocenters. The standard InChI is InChI=1S/C33H34N2/c1-6-16-26(17-7-1)30-31(27-18-8-2-9-19-27)34(30)24-14-5-15-25-35-32(28-20-10-3-11-21-28)33(35)29-22-12-4-13-23-29/h1-4,6-13,16-23,30-33H,5,14-15,24-25H2/t30-,31-,32-,33-/m0/s1. The van der Waals surface area contributed by atoms with E-state index >= 15 is 0 Å².